The Labute approximate surface area is 173 Å². The average Bonchev–Trinajstić information content (AvgIpc) is 2.78. The molecule has 4 aromatic rings. The number of carbonyl (C=O) groups excluding carboxylic acids is 1. The van der Waals surface area contributed by atoms with Crippen LogP contribution in [-0.2, 0) is 17.8 Å². The number of nitrogens with zero attached hydrogens (tertiary/aromatic N) is 1. The Balaban J connectivity index is 1.31. The number of rotatable bonds is 7. The third-order valence-corrected chi connectivity index (χ3v) is 4.65. The number of aromatic amines is 1. The molecule has 1 aromatic heterocycles. The fraction of sp³-hybridized carbons (Fsp3) is 0.125. The van der Waals surface area contributed by atoms with Crippen molar-refractivity contribution in [2.45, 2.75) is 19.4 Å². The van der Waals surface area contributed by atoms with Crippen molar-refractivity contribution in [1.29, 1.82) is 0 Å². The molecular formula is C24H21N3O3. The summed E-state index contributed by atoms with van der Waals surface area (Å²) in [6, 6.07) is 24.4. The molecule has 0 aliphatic carbocycles. The van der Waals surface area contributed by atoms with Crippen molar-refractivity contribution in [2.24, 2.45) is 0 Å². The van der Waals surface area contributed by atoms with Crippen molar-refractivity contribution >= 4 is 22.6 Å². The van der Waals surface area contributed by atoms with Crippen LogP contribution in [0, 0.1) is 0 Å². The van der Waals surface area contributed by atoms with Crippen LogP contribution in [-0.4, -0.2) is 15.9 Å². The second-order valence-corrected chi connectivity index (χ2v) is 6.88. The summed E-state index contributed by atoms with van der Waals surface area (Å²) in [4.78, 5) is 31.6. The smallest absolute Gasteiger partial charge is 0.270 e. The lowest BCUT2D eigenvalue weighted by atomic mass is 10.2. The molecule has 0 radical (unpaired) electrons. The zero-order valence-electron chi connectivity index (χ0n) is 16.3. The van der Waals surface area contributed by atoms with Gasteiger partial charge in [-0.3, -0.25) is 9.59 Å². The van der Waals surface area contributed by atoms with Crippen molar-refractivity contribution in [3.63, 3.8) is 0 Å². The lowest BCUT2D eigenvalue weighted by Crippen LogP contribution is -2.19. The van der Waals surface area contributed by atoms with Crippen molar-refractivity contribution in [1.82, 2.24) is 9.97 Å². The number of H-pyrrole nitrogens is 1. The van der Waals surface area contributed by atoms with Crippen LogP contribution >= 0.6 is 0 Å². The number of aryl methyl sites for hydroxylation is 1. The summed E-state index contributed by atoms with van der Waals surface area (Å²) in [6.45, 7) is 0.486. The Hall–Kier alpha value is -3.93. The molecule has 0 bridgehead atoms. The third kappa shape index (κ3) is 4.91. The van der Waals surface area contributed by atoms with Gasteiger partial charge in [-0.2, -0.15) is 0 Å². The number of aromatic nitrogens is 2. The lowest BCUT2D eigenvalue weighted by molar-refractivity contribution is -0.116. The monoisotopic (exact) mass is 399 g/mol. The number of amides is 1. The summed E-state index contributed by atoms with van der Waals surface area (Å²) in [6.07, 6.45) is 0.435. The quantitative estimate of drug-likeness (QED) is 0.491. The van der Waals surface area contributed by atoms with Crippen LogP contribution in [0.15, 0.2) is 83.7 Å². The van der Waals surface area contributed by atoms with Crippen molar-refractivity contribution in [3.05, 3.63) is 100 Å². The maximum Gasteiger partial charge on any atom is 0.270 e. The zero-order valence-corrected chi connectivity index (χ0v) is 16.3. The van der Waals surface area contributed by atoms with E-state index >= 15 is 0 Å². The number of carbonyl (C=O) groups is 1. The number of nitrogens with one attached hydrogen (secondary N) is 2. The normalized spacial score (nSPS) is 10.7. The number of para-hydroxylation sites is 2. The van der Waals surface area contributed by atoms with Gasteiger partial charge in [0.1, 0.15) is 18.1 Å². The van der Waals surface area contributed by atoms with Crippen LogP contribution < -0.4 is 15.6 Å². The molecule has 1 amide bonds. The molecule has 6 nitrogen and oxygen atoms in total. The second-order valence-electron chi connectivity index (χ2n) is 6.88. The first-order valence-electron chi connectivity index (χ1n) is 9.72. The summed E-state index contributed by atoms with van der Waals surface area (Å²) in [5, 5.41) is 2.84. The molecule has 0 spiro atoms. The molecule has 150 valence electrons. The molecule has 0 fully saturated rings. The van der Waals surface area contributed by atoms with E-state index in [1.54, 1.807) is 18.2 Å². The fourth-order valence-corrected chi connectivity index (χ4v) is 3.07. The molecule has 0 saturated carbocycles. The van der Waals surface area contributed by atoms with Crippen LogP contribution in [0.4, 0.5) is 5.69 Å². The first-order valence-corrected chi connectivity index (χ1v) is 9.72. The lowest BCUT2D eigenvalue weighted by Gasteiger charge is -2.08. The summed E-state index contributed by atoms with van der Waals surface area (Å²) in [5.41, 5.74) is 3.25. The number of hydrogen-bond acceptors (Lipinski definition) is 4. The minimum atomic E-state index is -0.263. The molecule has 1 heterocycles. The Morgan fingerprint density at radius 3 is 2.47 bits per heavy atom. The minimum Gasteiger partial charge on any atom is -0.489 e. The Morgan fingerprint density at radius 2 is 1.67 bits per heavy atom. The highest BCUT2D eigenvalue weighted by Crippen LogP contribution is 2.17. The Morgan fingerprint density at radius 1 is 0.933 bits per heavy atom. The van der Waals surface area contributed by atoms with E-state index in [4.69, 9.17) is 4.74 Å². The van der Waals surface area contributed by atoms with Gasteiger partial charge >= 0.3 is 0 Å². The standard InChI is InChI=1S/C24H21N3O3/c28-23(15-14-22-24(29)27-21-9-5-4-8-20(21)26-22)25-18-10-12-19(13-11-18)30-16-17-6-2-1-3-7-17/h1-13H,14-16H2,(H,25,28)(H,27,29). The van der Waals surface area contributed by atoms with Gasteiger partial charge in [0.2, 0.25) is 5.91 Å². The van der Waals surface area contributed by atoms with E-state index in [2.05, 4.69) is 15.3 Å². The summed E-state index contributed by atoms with van der Waals surface area (Å²) < 4.78 is 5.75. The first kappa shape index (κ1) is 19.4. The van der Waals surface area contributed by atoms with E-state index in [9.17, 15) is 9.59 Å². The summed E-state index contributed by atoms with van der Waals surface area (Å²) in [7, 11) is 0. The van der Waals surface area contributed by atoms with Gasteiger partial charge in [0.25, 0.3) is 5.56 Å². The maximum absolute atomic E-state index is 12.3. The van der Waals surface area contributed by atoms with Crippen molar-refractivity contribution in [3.8, 4) is 5.75 Å². The van der Waals surface area contributed by atoms with E-state index in [-0.39, 0.29) is 24.3 Å². The van der Waals surface area contributed by atoms with Gasteiger partial charge in [-0.1, -0.05) is 42.5 Å². The maximum atomic E-state index is 12.3. The molecular weight excluding hydrogens is 378 g/mol. The highest BCUT2D eigenvalue weighted by molar-refractivity contribution is 5.90. The summed E-state index contributed by atoms with van der Waals surface area (Å²) in [5.74, 6) is 0.547. The van der Waals surface area contributed by atoms with Crippen LogP contribution in [0.5, 0.6) is 5.75 Å². The molecule has 4 rings (SSSR count). The summed E-state index contributed by atoms with van der Waals surface area (Å²) >= 11 is 0. The third-order valence-electron chi connectivity index (χ3n) is 4.65. The highest BCUT2D eigenvalue weighted by Gasteiger charge is 2.09. The van der Waals surface area contributed by atoms with E-state index in [1.165, 1.54) is 0 Å². The Kier molecular flexibility index (Phi) is 5.85. The van der Waals surface area contributed by atoms with Crippen LogP contribution in [0.2, 0.25) is 0 Å². The van der Waals surface area contributed by atoms with Gasteiger partial charge in [-0.25, -0.2) is 4.98 Å². The predicted molar refractivity (Wildman–Crippen MR) is 117 cm³/mol. The largest absolute Gasteiger partial charge is 0.489 e. The molecule has 0 aliphatic heterocycles. The molecule has 0 atom stereocenters. The SMILES string of the molecule is O=C(CCc1nc2ccccc2[nH]c1=O)Nc1ccc(OCc2ccccc2)cc1. The van der Waals surface area contributed by atoms with Gasteiger partial charge in [-0.15, -0.1) is 0 Å². The van der Waals surface area contributed by atoms with Gasteiger partial charge in [0.05, 0.1) is 11.0 Å². The van der Waals surface area contributed by atoms with Gasteiger partial charge in [-0.05, 0) is 42.0 Å². The minimum absolute atomic E-state index is 0.167. The first-order chi connectivity index (χ1) is 14.7. The number of ether oxygens (including phenoxy) is 1. The van der Waals surface area contributed by atoms with Gasteiger partial charge in [0, 0.05) is 18.5 Å². The molecule has 2 N–H and O–H groups in total. The van der Waals surface area contributed by atoms with Crippen LogP contribution in [0.1, 0.15) is 17.7 Å². The van der Waals surface area contributed by atoms with E-state index < -0.39 is 0 Å². The van der Waals surface area contributed by atoms with Crippen LogP contribution in [0.3, 0.4) is 0 Å². The molecule has 0 unspecified atom stereocenters. The highest BCUT2D eigenvalue weighted by atomic mass is 16.5. The van der Waals surface area contributed by atoms with E-state index in [0.29, 0.717) is 29.0 Å². The van der Waals surface area contributed by atoms with E-state index in [1.807, 2.05) is 60.7 Å². The number of anilines is 1. The van der Waals surface area contributed by atoms with Crippen molar-refractivity contribution in [2.75, 3.05) is 5.32 Å². The number of benzene rings is 3. The molecule has 6 heteroatoms. The average molecular weight is 399 g/mol. The number of fused-ring (bicyclic) bond motifs is 1. The zero-order chi connectivity index (χ0) is 20.8. The second kappa shape index (κ2) is 9.05. The van der Waals surface area contributed by atoms with Crippen molar-refractivity contribution < 1.29 is 9.53 Å². The van der Waals surface area contributed by atoms with Gasteiger partial charge in [0.15, 0.2) is 0 Å². The van der Waals surface area contributed by atoms with Gasteiger partial charge < -0.3 is 15.0 Å². The number of hydrogen-bond donors (Lipinski definition) is 2. The Bertz CT molecular complexity index is 1200. The molecule has 0 saturated heterocycles. The fourth-order valence-electron chi connectivity index (χ4n) is 3.07. The predicted octanol–water partition coefficient (Wildman–Crippen LogP) is 4.07. The van der Waals surface area contributed by atoms with Crippen LogP contribution in [0.25, 0.3) is 11.0 Å². The molecule has 30 heavy (non-hydrogen) atoms. The molecule has 0 aliphatic rings. The molecule has 3 aromatic carbocycles. The topological polar surface area (TPSA) is 84.1 Å². The van der Waals surface area contributed by atoms with E-state index in [0.717, 1.165) is 11.3 Å².